The van der Waals surface area contributed by atoms with E-state index in [0.29, 0.717) is 6.54 Å². The van der Waals surface area contributed by atoms with Crippen molar-refractivity contribution in [1.29, 1.82) is 0 Å². The first-order valence-electron chi connectivity index (χ1n) is 10.3. The topological polar surface area (TPSA) is 48.5 Å². The molecule has 0 unspecified atom stereocenters. The fraction of sp³-hybridized carbons (Fsp3) is 0.478. The van der Waals surface area contributed by atoms with Crippen LogP contribution in [0.2, 0.25) is 0 Å². The van der Waals surface area contributed by atoms with Gasteiger partial charge in [0.1, 0.15) is 0 Å². The minimum atomic E-state index is 0.0590. The largest absolute Gasteiger partial charge is 0.325 e. The molecule has 6 heteroatoms. The summed E-state index contributed by atoms with van der Waals surface area (Å²) in [7, 11) is 0. The molecule has 1 aromatic heterocycles. The molecule has 0 aliphatic carbocycles. The molecule has 0 atom stereocenters. The van der Waals surface area contributed by atoms with Crippen LogP contribution in [-0.2, 0) is 10.5 Å². The van der Waals surface area contributed by atoms with Crippen LogP contribution in [0.15, 0.2) is 53.7 Å². The third kappa shape index (κ3) is 7.14. The van der Waals surface area contributed by atoms with E-state index in [-0.39, 0.29) is 11.4 Å². The number of pyridine rings is 1. The number of carbonyl (C=O) groups excluding carboxylic acids is 1. The van der Waals surface area contributed by atoms with Crippen molar-refractivity contribution in [3.8, 4) is 0 Å². The molecule has 0 spiro atoms. The molecule has 1 saturated heterocycles. The van der Waals surface area contributed by atoms with Gasteiger partial charge in [0, 0.05) is 36.3 Å². The lowest BCUT2D eigenvalue weighted by atomic mass is 10.1. The van der Waals surface area contributed by atoms with Gasteiger partial charge < -0.3 is 5.32 Å². The molecule has 1 amide bonds. The quantitative estimate of drug-likeness (QED) is 0.724. The lowest BCUT2D eigenvalue weighted by Crippen LogP contribution is -2.44. The van der Waals surface area contributed by atoms with Gasteiger partial charge in [0.05, 0.1) is 11.6 Å². The highest BCUT2D eigenvalue weighted by molar-refractivity contribution is 7.98. The number of thioether (sulfide) groups is 1. The number of hydrogen-bond acceptors (Lipinski definition) is 5. The van der Waals surface area contributed by atoms with E-state index < -0.39 is 0 Å². The van der Waals surface area contributed by atoms with Gasteiger partial charge >= 0.3 is 0 Å². The van der Waals surface area contributed by atoms with Gasteiger partial charge in [-0.25, -0.2) is 4.98 Å². The first-order chi connectivity index (χ1) is 13.9. The third-order valence-corrected chi connectivity index (χ3v) is 6.15. The maximum absolute atomic E-state index is 12.6. The van der Waals surface area contributed by atoms with E-state index >= 15 is 0 Å². The number of nitrogens with one attached hydrogen (secondary N) is 1. The standard InChI is InChI=1S/C23H32N4OS/c1-23(2,3)27-13-7-12-26(14-15-27)17-21(28)25-20-9-6-8-19(16-20)18-29-22-10-4-5-11-24-22/h4-6,8-11,16H,7,12-15,17-18H2,1-3H3,(H,25,28). The minimum Gasteiger partial charge on any atom is -0.325 e. The number of amides is 1. The molecular weight excluding hydrogens is 380 g/mol. The molecule has 0 bridgehead atoms. The SMILES string of the molecule is CC(C)(C)N1CCCN(CC(=O)Nc2cccc(CSc3ccccn3)c2)CC1. The fourth-order valence-corrected chi connectivity index (χ4v) is 4.34. The van der Waals surface area contributed by atoms with E-state index in [1.165, 1.54) is 5.56 Å². The Morgan fingerprint density at radius 3 is 2.72 bits per heavy atom. The Kier molecular flexibility index (Phi) is 7.70. The zero-order chi connectivity index (χ0) is 20.7. The molecular formula is C23H32N4OS. The van der Waals surface area contributed by atoms with Crippen molar-refractivity contribution in [3.05, 3.63) is 54.2 Å². The van der Waals surface area contributed by atoms with Crippen molar-refractivity contribution >= 4 is 23.4 Å². The summed E-state index contributed by atoms with van der Waals surface area (Å²) in [5.41, 5.74) is 2.22. The summed E-state index contributed by atoms with van der Waals surface area (Å²) in [6, 6.07) is 14.0. The number of carbonyl (C=O) groups is 1. The first-order valence-corrected chi connectivity index (χ1v) is 11.3. The van der Waals surface area contributed by atoms with E-state index in [4.69, 9.17) is 0 Å². The Morgan fingerprint density at radius 2 is 1.97 bits per heavy atom. The van der Waals surface area contributed by atoms with Crippen molar-refractivity contribution in [2.45, 2.75) is 43.5 Å². The van der Waals surface area contributed by atoms with E-state index in [9.17, 15) is 4.79 Å². The summed E-state index contributed by atoms with van der Waals surface area (Å²) in [6.07, 6.45) is 2.91. The molecule has 0 saturated carbocycles. The van der Waals surface area contributed by atoms with Gasteiger partial charge in [-0.15, -0.1) is 11.8 Å². The third-order valence-electron chi connectivity index (χ3n) is 5.14. The Morgan fingerprint density at radius 1 is 1.10 bits per heavy atom. The average Bonchev–Trinajstić information content (AvgIpc) is 2.93. The summed E-state index contributed by atoms with van der Waals surface area (Å²) in [4.78, 5) is 21.7. The van der Waals surface area contributed by atoms with Crippen LogP contribution in [-0.4, -0.2) is 59.0 Å². The number of rotatable bonds is 6. The zero-order valence-electron chi connectivity index (χ0n) is 17.7. The van der Waals surface area contributed by atoms with E-state index in [1.807, 2.05) is 36.5 Å². The Labute approximate surface area is 178 Å². The van der Waals surface area contributed by atoms with E-state index in [1.54, 1.807) is 11.8 Å². The van der Waals surface area contributed by atoms with Crippen LogP contribution < -0.4 is 5.32 Å². The summed E-state index contributed by atoms with van der Waals surface area (Å²) < 4.78 is 0. The molecule has 29 heavy (non-hydrogen) atoms. The highest BCUT2D eigenvalue weighted by Crippen LogP contribution is 2.22. The van der Waals surface area contributed by atoms with Crippen LogP contribution in [0.4, 0.5) is 5.69 Å². The van der Waals surface area contributed by atoms with Crippen molar-refractivity contribution in [3.63, 3.8) is 0 Å². The van der Waals surface area contributed by atoms with Gasteiger partial charge in [0.2, 0.25) is 5.91 Å². The summed E-state index contributed by atoms with van der Waals surface area (Å²) >= 11 is 1.70. The summed E-state index contributed by atoms with van der Waals surface area (Å²) in [5, 5.41) is 4.08. The molecule has 1 aromatic carbocycles. The van der Waals surface area contributed by atoms with Gasteiger partial charge in [-0.3, -0.25) is 14.6 Å². The highest BCUT2D eigenvalue weighted by atomic mass is 32.2. The van der Waals surface area contributed by atoms with Crippen LogP contribution >= 0.6 is 11.8 Å². The number of aromatic nitrogens is 1. The van der Waals surface area contributed by atoms with Crippen molar-refractivity contribution < 1.29 is 4.79 Å². The minimum absolute atomic E-state index is 0.0590. The molecule has 1 aliphatic heterocycles. The number of benzene rings is 1. The van der Waals surface area contributed by atoms with Gasteiger partial charge in [-0.1, -0.05) is 18.2 Å². The summed E-state index contributed by atoms with van der Waals surface area (Å²) in [5.74, 6) is 0.888. The Bertz CT molecular complexity index is 791. The molecule has 1 fully saturated rings. The highest BCUT2D eigenvalue weighted by Gasteiger charge is 2.24. The van der Waals surface area contributed by atoms with Crippen molar-refractivity contribution in [2.24, 2.45) is 0 Å². The maximum Gasteiger partial charge on any atom is 0.238 e. The molecule has 2 heterocycles. The van der Waals surface area contributed by atoms with Crippen LogP contribution in [0.5, 0.6) is 0 Å². The van der Waals surface area contributed by atoms with Crippen LogP contribution in [0, 0.1) is 0 Å². The van der Waals surface area contributed by atoms with Crippen LogP contribution in [0.3, 0.4) is 0 Å². The van der Waals surface area contributed by atoms with E-state index in [2.05, 4.69) is 53.0 Å². The number of hydrogen-bond donors (Lipinski definition) is 1. The lowest BCUT2D eigenvalue weighted by molar-refractivity contribution is -0.117. The number of anilines is 1. The van der Waals surface area contributed by atoms with Gasteiger partial charge in [-0.2, -0.15) is 0 Å². The normalized spacial score (nSPS) is 16.4. The second kappa shape index (κ2) is 10.2. The predicted octanol–water partition coefficient (Wildman–Crippen LogP) is 4.12. The second-order valence-corrected chi connectivity index (χ2v) is 9.49. The van der Waals surface area contributed by atoms with Crippen LogP contribution in [0.25, 0.3) is 0 Å². The molecule has 5 nitrogen and oxygen atoms in total. The fourth-order valence-electron chi connectivity index (χ4n) is 3.53. The van der Waals surface area contributed by atoms with Crippen LogP contribution in [0.1, 0.15) is 32.8 Å². The molecule has 3 rings (SSSR count). The maximum atomic E-state index is 12.6. The van der Waals surface area contributed by atoms with Gasteiger partial charge in [0.15, 0.2) is 0 Å². The monoisotopic (exact) mass is 412 g/mol. The molecule has 1 aliphatic rings. The number of nitrogens with zero attached hydrogens (tertiary/aromatic N) is 3. The Balaban J connectivity index is 1.49. The van der Waals surface area contributed by atoms with Crippen molar-refractivity contribution in [2.75, 3.05) is 38.0 Å². The molecule has 0 radical (unpaired) electrons. The molecule has 1 N–H and O–H groups in total. The van der Waals surface area contributed by atoms with Gasteiger partial charge in [-0.05, 0) is 70.1 Å². The predicted molar refractivity (Wildman–Crippen MR) is 121 cm³/mol. The zero-order valence-corrected chi connectivity index (χ0v) is 18.5. The molecule has 156 valence electrons. The first kappa shape index (κ1) is 21.8. The second-order valence-electron chi connectivity index (χ2n) is 8.49. The molecule has 2 aromatic rings. The van der Waals surface area contributed by atoms with Crippen molar-refractivity contribution in [1.82, 2.24) is 14.8 Å². The average molecular weight is 413 g/mol. The van der Waals surface area contributed by atoms with Gasteiger partial charge in [0.25, 0.3) is 0 Å². The lowest BCUT2D eigenvalue weighted by Gasteiger charge is -2.34. The van der Waals surface area contributed by atoms with E-state index in [0.717, 1.165) is 49.1 Å². The summed E-state index contributed by atoms with van der Waals surface area (Å²) in [6.45, 7) is 11.2. The smallest absolute Gasteiger partial charge is 0.238 e. The Hall–Kier alpha value is -1.89.